The van der Waals surface area contributed by atoms with Crippen molar-refractivity contribution in [2.45, 2.75) is 42.4 Å². The van der Waals surface area contributed by atoms with Crippen molar-refractivity contribution in [2.75, 3.05) is 17.6 Å². The normalized spacial score (nSPS) is 14.3. The van der Waals surface area contributed by atoms with Gasteiger partial charge in [-0.1, -0.05) is 6.92 Å². The van der Waals surface area contributed by atoms with Crippen LogP contribution in [0.1, 0.15) is 32.2 Å². The van der Waals surface area contributed by atoms with Crippen molar-refractivity contribution < 1.29 is 0 Å². The van der Waals surface area contributed by atoms with E-state index in [0.29, 0.717) is 16.0 Å². The Morgan fingerprint density at radius 1 is 1.52 bits per heavy atom. The molecule has 4 N–H and O–H groups in total. The van der Waals surface area contributed by atoms with Crippen LogP contribution in [0.25, 0.3) is 0 Å². The highest BCUT2D eigenvalue weighted by Crippen LogP contribution is 2.37. The van der Waals surface area contributed by atoms with Crippen LogP contribution < -0.4 is 16.7 Å². The molecule has 2 heterocycles. The largest absolute Gasteiger partial charge is 0.370 e. The van der Waals surface area contributed by atoms with E-state index in [4.69, 9.17) is 5.73 Å². The minimum absolute atomic E-state index is 0.175. The minimum atomic E-state index is -0.175. The molecule has 2 aromatic heterocycles. The Morgan fingerprint density at radius 3 is 3.05 bits per heavy atom. The van der Waals surface area contributed by atoms with E-state index in [-0.39, 0.29) is 17.7 Å². The summed E-state index contributed by atoms with van der Waals surface area (Å²) < 4.78 is 1.68. The summed E-state index contributed by atoms with van der Waals surface area (Å²) >= 11 is 1.31. The highest BCUT2D eigenvalue weighted by Gasteiger charge is 2.29. The van der Waals surface area contributed by atoms with Crippen LogP contribution in [0.3, 0.4) is 0 Å². The van der Waals surface area contributed by atoms with Gasteiger partial charge < -0.3 is 11.1 Å². The van der Waals surface area contributed by atoms with Gasteiger partial charge in [-0.25, -0.2) is 14.9 Å². The third-order valence-electron chi connectivity index (χ3n) is 3.06. The van der Waals surface area contributed by atoms with Crippen LogP contribution in [0.15, 0.2) is 21.0 Å². The zero-order valence-electron chi connectivity index (χ0n) is 11.7. The van der Waals surface area contributed by atoms with Crippen molar-refractivity contribution in [1.29, 1.82) is 0 Å². The molecule has 112 valence electrons. The summed E-state index contributed by atoms with van der Waals surface area (Å²) in [6.45, 7) is 2.89. The highest BCUT2D eigenvalue weighted by atomic mass is 32.2. The number of nitrogen functional groups attached to an aromatic ring is 1. The monoisotopic (exact) mass is 307 g/mol. The summed E-state index contributed by atoms with van der Waals surface area (Å²) in [4.78, 5) is 20.1. The van der Waals surface area contributed by atoms with E-state index in [1.165, 1.54) is 11.8 Å². The number of H-pyrrole nitrogens is 1. The number of aromatic amines is 1. The molecule has 1 aliphatic rings. The molecule has 0 saturated heterocycles. The minimum Gasteiger partial charge on any atom is -0.370 e. The third-order valence-corrected chi connectivity index (χ3v) is 3.94. The molecule has 21 heavy (non-hydrogen) atoms. The van der Waals surface area contributed by atoms with Gasteiger partial charge in [-0.15, -0.1) is 5.10 Å². The van der Waals surface area contributed by atoms with Crippen LogP contribution in [0.5, 0.6) is 0 Å². The molecule has 0 aromatic carbocycles. The van der Waals surface area contributed by atoms with Crippen molar-refractivity contribution >= 4 is 23.5 Å². The third kappa shape index (κ3) is 3.18. The molecule has 0 aliphatic heterocycles. The number of rotatable bonds is 6. The average Bonchev–Trinajstić information content (AvgIpc) is 3.21. The number of nitrogens with zero attached hydrogens (tertiary/aromatic N) is 4. The first kappa shape index (κ1) is 13.9. The van der Waals surface area contributed by atoms with Gasteiger partial charge >= 0.3 is 5.69 Å². The fraction of sp³-hybridized carbons (Fsp3) is 0.500. The van der Waals surface area contributed by atoms with E-state index < -0.39 is 0 Å². The van der Waals surface area contributed by atoms with Gasteiger partial charge in [0.15, 0.2) is 5.16 Å². The number of aromatic nitrogens is 5. The maximum atomic E-state index is 11.7. The van der Waals surface area contributed by atoms with Gasteiger partial charge in [0.1, 0.15) is 10.8 Å². The van der Waals surface area contributed by atoms with Crippen molar-refractivity contribution in [3.63, 3.8) is 0 Å². The molecule has 0 atom stereocenters. The maximum Gasteiger partial charge on any atom is 0.344 e. The van der Waals surface area contributed by atoms with Gasteiger partial charge in [0.2, 0.25) is 5.95 Å². The second-order valence-electron chi connectivity index (χ2n) is 4.89. The van der Waals surface area contributed by atoms with E-state index >= 15 is 0 Å². The molecule has 0 unspecified atom stereocenters. The maximum absolute atomic E-state index is 11.7. The van der Waals surface area contributed by atoms with E-state index in [2.05, 4.69) is 32.4 Å². The standard InChI is InChI=1S/C12H17N7OS/c1-2-5-14-8-6-9(16-10(13)15-8)21-12-18-17-11(20)19(12)7-3-4-7/h6-7H,2-5H2,1H3,(H,17,20)(H3,13,14,15,16). The van der Waals surface area contributed by atoms with Crippen LogP contribution in [0, 0.1) is 0 Å². The quantitative estimate of drug-likeness (QED) is 0.688. The highest BCUT2D eigenvalue weighted by molar-refractivity contribution is 7.99. The smallest absolute Gasteiger partial charge is 0.344 e. The predicted molar refractivity (Wildman–Crippen MR) is 80.5 cm³/mol. The molecule has 3 rings (SSSR count). The lowest BCUT2D eigenvalue weighted by molar-refractivity contribution is 0.642. The van der Waals surface area contributed by atoms with Crippen LogP contribution in [0.2, 0.25) is 0 Å². The zero-order valence-corrected chi connectivity index (χ0v) is 12.5. The Hall–Kier alpha value is -2.03. The van der Waals surface area contributed by atoms with Gasteiger partial charge in [-0.05, 0) is 31.0 Å². The molecule has 8 nitrogen and oxygen atoms in total. The lowest BCUT2D eigenvalue weighted by Crippen LogP contribution is -2.16. The van der Waals surface area contributed by atoms with E-state index in [1.54, 1.807) is 4.57 Å². The fourth-order valence-corrected chi connectivity index (χ4v) is 2.87. The number of hydrogen-bond donors (Lipinski definition) is 3. The molecule has 9 heteroatoms. The summed E-state index contributed by atoms with van der Waals surface area (Å²) in [6, 6.07) is 2.07. The Labute approximate surface area is 125 Å². The molecular weight excluding hydrogens is 290 g/mol. The summed E-state index contributed by atoms with van der Waals surface area (Å²) in [5.74, 6) is 0.886. The zero-order chi connectivity index (χ0) is 14.8. The first-order valence-corrected chi connectivity index (χ1v) is 7.72. The van der Waals surface area contributed by atoms with Gasteiger partial charge in [0.05, 0.1) is 0 Å². The topological polar surface area (TPSA) is 115 Å². The average molecular weight is 307 g/mol. The van der Waals surface area contributed by atoms with Crippen molar-refractivity contribution in [1.82, 2.24) is 24.7 Å². The molecule has 0 spiro atoms. The van der Waals surface area contributed by atoms with Gasteiger partial charge in [0, 0.05) is 18.7 Å². The van der Waals surface area contributed by atoms with Gasteiger partial charge in [-0.3, -0.25) is 4.57 Å². The number of hydrogen-bond acceptors (Lipinski definition) is 7. The summed E-state index contributed by atoms with van der Waals surface area (Å²) in [7, 11) is 0. The fourth-order valence-electron chi connectivity index (χ4n) is 1.95. The molecule has 2 aromatic rings. The second kappa shape index (κ2) is 5.76. The van der Waals surface area contributed by atoms with Crippen LogP contribution in [0.4, 0.5) is 11.8 Å². The Kier molecular flexibility index (Phi) is 3.82. The summed E-state index contributed by atoms with van der Waals surface area (Å²) in [5, 5.41) is 11.0. The SMILES string of the molecule is CCCNc1cc(Sc2n[nH]c(=O)n2C2CC2)nc(N)n1. The van der Waals surface area contributed by atoms with Gasteiger partial charge in [0.25, 0.3) is 0 Å². The van der Waals surface area contributed by atoms with Crippen molar-refractivity contribution in [3.8, 4) is 0 Å². The van der Waals surface area contributed by atoms with Crippen LogP contribution >= 0.6 is 11.8 Å². The molecule has 1 fully saturated rings. The van der Waals surface area contributed by atoms with E-state index in [9.17, 15) is 4.79 Å². The van der Waals surface area contributed by atoms with Crippen LogP contribution in [-0.2, 0) is 0 Å². The predicted octanol–water partition coefficient (Wildman–Crippen LogP) is 1.25. The molecular formula is C12H17N7OS. The van der Waals surface area contributed by atoms with E-state index in [1.807, 2.05) is 6.07 Å². The number of anilines is 2. The second-order valence-corrected chi connectivity index (χ2v) is 5.88. The lowest BCUT2D eigenvalue weighted by Gasteiger charge is -2.07. The van der Waals surface area contributed by atoms with Crippen LogP contribution in [-0.4, -0.2) is 31.3 Å². The summed E-state index contributed by atoms with van der Waals surface area (Å²) in [6.07, 6.45) is 3.03. The molecule has 1 saturated carbocycles. The Morgan fingerprint density at radius 2 is 2.33 bits per heavy atom. The number of nitrogens with one attached hydrogen (secondary N) is 2. The molecule has 0 radical (unpaired) electrons. The molecule has 0 bridgehead atoms. The molecule has 0 amide bonds. The summed E-state index contributed by atoms with van der Waals surface area (Å²) in [5.41, 5.74) is 5.55. The lowest BCUT2D eigenvalue weighted by atomic mass is 10.4. The molecule has 1 aliphatic carbocycles. The Bertz CT molecular complexity index is 691. The number of nitrogens with two attached hydrogens (primary N) is 1. The van der Waals surface area contributed by atoms with E-state index in [0.717, 1.165) is 25.8 Å². The Balaban J connectivity index is 1.84. The van der Waals surface area contributed by atoms with Crippen molar-refractivity contribution in [2.24, 2.45) is 0 Å². The van der Waals surface area contributed by atoms with Crippen molar-refractivity contribution in [3.05, 3.63) is 16.6 Å². The first-order chi connectivity index (χ1) is 10.2. The first-order valence-electron chi connectivity index (χ1n) is 6.90. The van der Waals surface area contributed by atoms with Gasteiger partial charge in [-0.2, -0.15) is 4.98 Å².